The molecular weight excluding hydrogens is 532 g/mol. The van der Waals surface area contributed by atoms with Gasteiger partial charge in [0.25, 0.3) is 5.91 Å². The van der Waals surface area contributed by atoms with Gasteiger partial charge in [-0.25, -0.2) is 14.5 Å². The summed E-state index contributed by atoms with van der Waals surface area (Å²) in [4.78, 5) is 47.2. The van der Waals surface area contributed by atoms with E-state index in [1.54, 1.807) is 15.9 Å². The van der Waals surface area contributed by atoms with Crippen molar-refractivity contribution in [2.45, 2.75) is 53.0 Å². The minimum atomic E-state index is -0.530. The summed E-state index contributed by atoms with van der Waals surface area (Å²) in [5.74, 6) is -0.253. The molecule has 10 heteroatoms. The quantitative estimate of drug-likeness (QED) is 0.390. The topological polar surface area (TPSA) is 102 Å². The fourth-order valence-corrected chi connectivity index (χ4v) is 5.85. The summed E-state index contributed by atoms with van der Waals surface area (Å²) in [6.07, 6.45) is 3.24. The second kappa shape index (κ2) is 13.0. The van der Waals surface area contributed by atoms with E-state index in [1.807, 2.05) is 55.1 Å². The molecule has 5 rings (SSSR count). The van der Waals surface area contributed by atoms with Crippen LogP contribution in [0.4, 0.5) is 15.3 Å². The van der Waals surface area contributed by atoms with E-state index in [0.717, 1.165) is 47.6 Å². The molecule has 3 heterocycles. The van der Waals surface area contributed by atoms with Gasteiger partial charge < -0.3 is 30.1 Å². The standard InChI is InChI=1S/C32H42N6O4/c1-5-33-19-35-20-37(21-35)30(39)29(18-25-16-22(2)24(4)23(3)17-25)42-32(41)36-13-11-27(12-14-36)38-15-10-26-8-6-7-9-28(26)34-31(38)40/h6-9,16-18,27,33H,5,10-15,19-21H2,1-4H3,(H,34,40)/p+1. The first-order valence-corrected chi connectivity index (χ1v) is 15.0. The highest BCUT2D eigenvalue weighted by molar-refractivity contribution is 5.98. The van der Waals surface area contributed by atoms with E-state index in [9.17, 15) is 14.4 Å². The zero-order valence-corrected chi connectivity index (χ0v) is 25.2. The summed E-state index contributed by atoms with van der Waals surface area (Å²) in [7, 11) is 0. The smallest absolute Gasteiger partial charge is 0.404 e. The van der Waals surface area contributed by atoms with E-state index in [0.29, 0.717) is 45.8 Å². The first kappa shape index (κ1) is 29.6. The number of piperidine rings is 1. The Morgan fingerprint density at radius 1 is 1.02 bits per heavy atom. The Morgan fingerprint density at radius 3 is 2.40 bits per heavy atom. The fraction of sp³-hybridized carbons (Fsp3) is 0.469. The SMILES string of the molecule is CC[NH2+]CN1CN(C(=O)C(=Cc2cc(C)c(C)c(C)c2)OC(=O)N2CCC(N3CCc4ccccc4NC3=O)CC2)C1. The molecule has 2 fully saturated rings. The van der Waals surface area contributed by atoms with Gasteiger partial charge in [0, 0.05) is 31.4 Å². The Hall–Kier alpha value is -3.89. The van der Waals surface area contributed by atoms with E-state index in [4.69, 9.17) is 4.74 Å². The zero-order chi connectivity index (χ0) is 29.8. The lowest BCUT2D eigenvalue weighted by Gasteiger charge is -2.41. The van der Waals surface area contributed by atoms with Gasteiger partial charge >= 0.3 is 12.1 Å². The molecule has 3 aliphatic rings. The number of amides is 4. The van der Waals surface area contributed by atoms with Crippen LogP contribution in [0.15, 0.2) is 42.2 Å². The van der Waals surface area contributed by atoms with Gasteiger partial charge in [-0.05, 0) is 86.9 Å². The van der Waals surface area contributed by atoms with Crippen LogP contribution in [-0.2, 0) is 16.0 Å². The van der Waals surface area contributed by atoms with E-state index in [1.165, 1.54) is 5.56 Å². The lowest BCUT2D eigenvalue weighted by molar-refractivity contribution is -0.672. The van der Waals surface area contributed by atoms with Crippen LogP contribution in [-0.4, -0.2) is 89.9 Å². The van der Waals surface area contributed by atoms with Crippen molar-refractivity contribution >= 4 is 29.8 Å². The number of anilines is 1. The fourth-order valence-electron chi connectivity index (χ4n) is 5.85. The predicted molar refractivity (Wildman–Crippen MR) is 161 cm³/mol. The zero-order valence-electron chi connectivity index (χ0n) is 25.2. The van der Waals surface area contributed by atoms with Gasteiger partial charge in [0.15, 0.2) is 5.76 Å². The molecule has 42 heavy (non-hydrogen) atoms. The molecule has 0 unspecified atom stereocenters. The minimum absolute atomic E-state index is 0.0329. The van der Waals surface area contributed by atoms with Gasteiger partial charge in [-0.3, -0.25) is 4.79 Å². The first-order chi connectivity index (χ1) is 20.2. The number of nitrogens with zero attached hydrogens (tertiary/aromatic N) is 4. The molecule has 10 nitrogen and oxygen atoms in total. The molecule has 2 aromatic carbocycles. The number of nitrogens with one attached hydrogen (secondary N) is 1. The van der Waals surface area contributed by atoms with Crippen LogP contribution in [0.5, 0.6) is 0 Å². The average molecular weight is 576 g/mol. The molecule has 0 radical (unpaired) electrons. The molecule has 224 valence electrons. The van der Waals surface area contributed by atoms with Crippen molar-refractivity contribution in [2.75, 3.05) is 51.5 Å². The number of nitrogens with two attached hydrogens (primary N) is 1. The molecule has 3 N–H and O–H groups in total. The maximum Gasteiger partial charge on any atom is 0.415 e. The molecular formula is C32H43N6O4+. The number of rotatable bonds is 7. The molecule has 4 amide bonds. The van der Waals surface area contributed by atoms with Crippen molar-refractivity contribution in [2.24, 2.45) is 0 Å². The molecule has 2 saturated heterocycles. The number of carbonyl (C=O) groups excluding carboxylic acids is 3. The Morgan fingerprint density at radius 2 is 1.71 bits per heavy atom. The molecule has 0 aromatic heterocycles. The lowest BCUT2D eigenvalue weighted by atomic mass is 10.00. The molecule has 0 aliphatic carbocycles. The predicted octanol–water partition coefficient (Wildman–Crippen LogP) is 3.24. The third-order valence-electron chi connectivity index (χ3n) is 8.67. The molecule has 2 aromatic rings. The van der Waals surface area contributed by atoms with E-state index in [2.05, 4.69) is 29.4 Å². The number of carbonyl (C=O) groups is 3. The lowest BCUT2D eigenvalue weighted by Crippen LogP contribution is -2.88. The maximum absolute atomic E-state index is 13.5. The minimum Gasteiger partial charge on any atom is -0.404 e. The van der Waals surface area contributed by atoms with Gasteiger partial charge in [-0.1, -0.05) is 30.3 Å². The third-order valence-corrected chi connectivity index (χ3v) is 8.67. The number of hydrogen-bond donors (Lipinski definition) is 2. The Balaban J connectivity index is 1.24. The van der Waals surface area contributed by atoms with Crippen molar-refractivity contribution in [1.29, 1.82) is 0 Å². The molecule has 0 spiro atoms. The molecule has 0 saturated carbocycles. The van der Waals surface area contributed by atoms with Crippen molar-refractivity contribution in [3.8, 4) is 0 Å². The average Bonchev–Trinajstić information content (AvgIpc) is 3.12. The number of likely N-dealkylation sites (tertiary alicyclic amines) is 1. The second-order valence-corrected chi connectivity index (χ2v) is 11.6. The van der Waals surface area contributed by atoms with E-state index < -0.39 is 6.09 Å². The summed E-state index contributed by atoms with van der Waals surface area (Å²) >= 11 is 0. The molecule has 3 aliphatic heterocycles. The van der Waals surface area contributed by atoms with Gasteiger partial charge in [0.1, 0.15) is 6.67 Å². The summed E-state index contributed by atoms with van der Waals surface area (Å²) in [6, 6.07) is 11.9. The number of quaternary nitrogens is 1. The molecule has 0 bridgehead atoms. The number of benzene rings is 2. The second-order valence-electron chi connectivity index (χ2n) is 11.6. The van der Waals surface area contributed by atoms with Gasteiger partial charge in [0.05, 0.1) is 19.9 Å². The number of hydrogen-bond acceptors (Lipinski definition) is 5. The van der Waals surface area contributed by atoms with Crippen LogP contribution in [0.3, 0.4) is 0 Å². The maximum atomic E-state index is 13.5. The number of para-hydroxylation sites is 1. The molecule has 0 atom stereocenters. The van der Waals surface area contributed by atoms with E-state index in [-0.39, 0.29) is 23.7 Å². The third kappa shape index (κ3) is 6.60. The first-order valence-electron chi connectivity index (χ1n) is 15.0. The number of fused-ring (bicyclic) bond motifs is 1. The van der Waals surface area contributed by atoms with Crippen molar-refractivity contribution in [3.05, 3.63) is 70.0 Å². The van der Waals surface area contributed by atoms with Gasteiger partial charge in [-0.15, -0.1) is 0 Å². The summed E-state index contributed by atoms with van der Waals surface area (Å²) in [5.41, 5.74) is 6.26. The van der Waals surface area contributed by atoms with Crippen LogP contribution >= 0.6 is 0 Å². The monoisotopic (exact) mass is 575 g/mol. The van der Waals surface area contributed by atoms with Crippen LogP contribution < -0.4 is 10.6 Å². The summed E-state index contributed by atoms with van der Waals surface area (Å²) in [6.45, 7) is 12.6. The van der Waals surface area contributed by atoms with Gasteiger partial charge in [-0.2, -0.15) is 0 Å². The Labute approximate surface area is 248 Å². The highest BCUT2D eigenvalue weighted by Gasteiger charge is 2.35. The summed E-state index contributed by atoms with van der Waals surface area (Å²) in [5, 5.41) is 5.21. The summed E-state index contributed by atoms with van der Waals surface area (Å²) < 4.78 is 5.84. The number of urea groups is 1. The van der Waals surface area contributed by atoms with Crippen LogP contribution in [0.25, 0.3) is 6.08 Å². The number of aryl methyl sites for hydroxylation is 2. The normalized spacial score (nSPS) is 18.2. The van der Waals surface area contributed by atoms with E-state index >= 15 is 0 Å². The van der Waals surface area contributed by atoms with Gasteiger partial charge in [0.2, 0.25) is 0 Å². The Kier molecular flexibility index (Phi) is 9.13. The van der Waals surface area contributed by atoms with Crippen molar-refractivity contribution < 1.29 is 24.4 Å². The van der Waals surface area contributed by atoms with Crippen LogP contribution in [0.1, 0.15) is 47.6 Å². The number of ether oxygens (including phenoxy) is 1. The van der Waals surface area contributed by atoms with Crippen LogP contribution in [0.2, 0.25) is 0 Å². The largest absolute Gasteiger partial charge is 0.415 e. The highest BCUT2D eigenvalue weighted by Crippen LogP contribution is 2.26. The Bertz CT molecular complexity index is 1340. The highest BCUT2D eigenvalue weighted by atomic mass is 16.6. The van der Waals surface area contributed by atoms with Crippen molar-refractivity contribution in [3.63, 3.8) is 0 Å². The van der Waals surface area contributed by atoms with Crippen molar-refractivity contribution in [1.82, 2.24) is 19.6 Å². The van der Waals surface area contributed by atoms with Crippen LogP contribution in [0, 0.1) is 20.8 Å².